The monoisotopic (exact) mass is 419 g/mol. The normalized spacial score (nSPS) is 22.8. The number of fused-ring (bicyclic) bond motifs is 1. The van der Waals surface area contributed by atoms with Crippen LogP contribution in [0.4, 0.5) is 5.69 Å². The van der Waals surface area contributed by atoms with Crippen LogP contribution in [0.15, 0.2) is 42.5 Å². The van der Waals surface area contributed by atoms with Crippen molar-refractivity contribution in [3.05, 3.63) is 48.0 Å². The highest BCUT2D eigenvalue weighted by atomic mass is 32.2. The van der Waals surface area contributed by atoms with Gasteiger partial charge >= 0.3 is 0 Å². The van der Waals surface area contributed by atoms with E-state index in [4.69, 9.17) is 14.2 Å². The van der Waals surface area contributed by atoms with Crippen molar-refractivity contribution >= 4 is 21.8 Å². The highest BCUT2D eigenvalue weighted by Crippen LogP contribution is 2.37. The summed E-state index contributed by atoms with van der Waals surface area (Å²) in [4.78, 5) is 12.9. The molecule has 2 aliphatic rings. The molecule has 29 heavy (non-hydrogen) atoms. The van der Waals surface area contributed by atoms with E-state index in [1.54, 1.807) is 49.6 Å². The summed E-state index contributed by atoms with van der Waals surface area (Å²) in [5.41, 5.74) is 1.26. The van der Waals surface area contributed by atoms with Crippen molar-refractivity contribution in [1.29, 1.82) is 0 Å². The van der Waals surface area contributed by atoms with Gasteiger partial charge < -0.3 is 19.5 Å². The number of anilines is 1. The van der Waals surface area contributed by atoms with Crippen LogP contribution in [0.2, 0.25) is 0 Å². The molecule has 154 valence electrons. The van der Waals surface area contributed by atoms with Crippen molar-refractivity contribution in [3.63, 3.8) is 0 Å². The van der Waals surface area contributed by atoms with Gasteiger partial charge in [-0.25, -0.2) is 0 Å². The summed E-state index contributed by atoms with van der Waals surface area (Å²) in [5, 5.41) is 2.77. The molecule has 2 aliphatic heterocycles. The average Bonchev–Trinajstić information content (AvgIpc) is 3.18. The zero-order valence-electron chi connectivity index (χ0n) is 15.9. The summed E-state index contributed by atoms with van der Waals surface area (Å²) < 4.78 is 44.7. The maximum absolute atomic E-state index is 12.9. The van der Waals surface area contributed by atoms with Gasteiger partial charge in [0.05, 0.1) is 13.2 Å². The van der Waals surface area contributed by atoms with E-state index in [-0.39, 0.29) is 13.2 Å². The van der Waals surface area contributed by atoms with Crippen molar-refractivity contribution in [2.45, 2.75) is 18.5 Å². The fraction of sp³-hybridized carbons (Fsp3) is 0.316. The number of hydrogen-bond acceptors (Lipinski definition) is 6. The lowest BCUT2D eigenvalue weighted by Gasteiger charge is -2.36. The largest absolute Gasteiger partial charge is 0.497 e. The predicted octanol–water partition coefficient (Wildman–Crippen LogP) is 1.64. The van der Waals surface area contributed by atoms with E-state index in [2.05, 4.69) is 10.0 Å². The van der Waals surface area contributed by atoms with Gasteiger partial charge in [0.15, 0.2) is 11.5 Å². The molecule has 2 N–H and O–H groups in total. The van der Waals surface area contributed by atoms with Crippen molar-refractivity contribution in [1.82, 2.24) is 9.03 Å². The number of benzene rings is 2. The molecule has 0 aliphatic carbocycles. The van der Waals surface area contributed by atoms with Crippen molar-refractivity contribution in [3.8, 4) is 17.2 Å². The van der Waals surface area contributed by atoms with Crippen LogP contribution in [0.5, 0.6) is 17.2 Å². The van der Waals surface area contributed by atoms with Crippen molar-refractivity contribution in [2.24, 2.45) is 0 Å². The zero-order chi connectivity index (χ0) is 20.6. The molecular formula is C19H21N3O6S. The van der Waals surface area contributed by atoms with Crippen molar-refractivity contribution < 1.29 is 27.4 Å². The number of methoxy groups -OCH3 is 1. The predicted molar refractivity (Wildman–Crippen MR) is 105 cm³/mol. The van der Waals surface area contributed by atoms with Gasteiger partial charge in [0.1, 0.15) is 11.8 Å². The summed E-state index contributed by atoms with van der Waals surface area (Å²) >= 11 is 0. The Morgan fingerprint density at radius 1 is 1.17 bits per heavy atom. The smallest absolute Gasteiger partial charge is 0.280 e. The second kappa shape index (κ2) is 7.54. The van der Waals surface area contributed by atoms with Gasteiger partial charge in [-0.2, -0.15) is 17.4 Å². The van der Waals surface area contributed by atoms with Crippen LogP contribution in [0.1, 0.15) is 18.0 Å². The molecule has 2 atom stereocenters. The number of nitrogens with zero attached hydrogens (tertiary/aromatic N) is 1. The fourth-order valence-electron chi connectivity index (χ4n) is 3.36. The minimum atomic E-state index is -3.84. The van der Waals surface area contributed by atoms with Crippen LogP contribution in [0.3, 0.4) is 0 Å². The third-order valence-corrected chi connectivity index (χ3v) is 6.62. The van der Waals surface area contributed by atoms with E-state index >= 15 is 0 Å². The molecule has 0 aromatic heterocycles. The van der Waals surface area contributed by atoms with E-state index in [1.807, 2.05) is 0 Å². The van der Waals surface area contributed by atoms with Crippen LogP contribution < -0.4 is 24.2 Å². The topological polar surface area (TPSA) is 106 Å². The number of carbonyl (C=O) groups excluding carboxylic acids is 1. The van der Waals surface area contributed by atoms with E-state index in [9.17, 15) is 13.2 Å². The van der Waals surface area contributed by atoms with Crippen LogP contribution >= 0.6 is 0 Å². The van der Waals surface area contributed by atoms with Crippen LogP contribution in [-0.2, 0) is 15.0 Å². The highest BCUT2D eigenvalue weighted by molar-refractivity contribution is 7.87. The van der Waals surface area contributed by atoms with Gasteiger partial charge in [0.25, 0.3) is 10.2 Å². The number of rotatable bonds is 4. The Bertz CT molecular complexity index is 1020. The molecule has 9 nitrogen and oxygen atoms in total. The standard InChI is InChI=1S/C19H21N3O6S/c1-22-16(19(23)20-13-4-6-14(26-2)7-5-13)10-15(21-29(22,24)25)12-3-8-17-18(9-12)28-11-27-17/h3-9,15-16,21H,10-11H2,1-2H3,(H,20,23). The second-order valence-corrected chi connectivity index (χ2v) is 8.54. The fourth-order valence-corrected chi connectivity index (χ4v) is 4.63. The molecule has 0 spiro atoms. The summed E-state index contributed by atoms with van der Waals surface area (Å²) in [6.07, 6.45) is 0.261. The third kappa shape index (κ3) is 3.86. The van der Waals surface area contributed by atoms with Gasteiger partial charge in [-0.05, 0) is 48.4 Å². The van der Waals surface area contributed by atoms with Gasteiger partial charge in [-0.15, -0.1) is 0 Å². The lowest BCUT2D eigenvalue weighted by atomic mass is 9.99. The van der Waals surface area contributed by atoms with Gasteiger partial charge in [-0.3, -0.25) is 4.79 Å². The third-order valence-electron chi connectivity index (χ3n) is 5.03. The summed E-state index contributed by atoms with van der Waals surface area (Å²) in [5.74, 6) is 1.42. The lowest BCUT2D eigenvalue weighted by Crippen LogP contribution is -2.55. The highest BCUT2D eigenvalue weighted by Gasteiger charge is 2.41. The molecule has 1 saturated heterocycles. The average molecular weight is 419 g/mol. The first kappa shape index (κ1) is 19.5. The minimum absolute atomic E-state index is 0.130. The molecule has 2 aromatic rings. The maximum atomic E-state index is 12.9. The van der Waals surface area contributed by atoms with E-state index < -0.39 is 28.2 Å². The first-order valence-corrected chi connectivity index (χ1v) is 10.4. The van der Waals surface area contributed by atoms with Crippen molar-refractivity contribution in [2.75, 3.05) is 26.3 Å². The summed E-state index contributed by atoms with van der Waals surface area (Å²) in [6, 6.07) is 10.6. The van der Waals surface area contributed by atoms with Gasteiger partial charge in [0.2, 0.25) is 12.7 Å². The Morgan fingerprint density at radius 2 is 1.90 bits per heavy atom. The molecule has 0 saturated carbocycles. The van der Waals surface area contributed by atoms with Gasteiger partial charge in [-0.1, -0.05) is 6.07 Å². The van der Waals surface area contributed by atoms with Crippen LogP contribution in [0.25, 0.3) is 0 Å². The Labute approximate surface area is 168 Å². The number of ether oxygens (including phenoxy) is 3. The van der Waals surface area contributed by atoms with Crippen LogP contribution in [0, 0.1) is 0 Å². The molecule has 2 unspecified atom stereocenters. The number of amides is 1. The summed E-state index contributed by atoms with van der Waals surface area (Å²) in [7, 11) is -0.900. The first-order chi connectivity index (χ1) is 13.9. The Balaban J connectivity index is 1.55. The first-order valence-electron chi connectivity index (χ1n) is 8.97. The molecule has 2 aromatic carbocycles. The molecule has 4 rings (SSSR count). The molecule has 10 heteroatoms. The number of carbonyl (C=O) groups is 1. The SMILES string of the molecule is COc1ccc(NC(=O)C2CC(c3ccc4c(c3)OCO4)NS(=O)(=O)N2C)cc1. The number of nitrogens with one attached hydrogen (secondary N) is 2. The van der Waals surface area contributed by atoms with E-state index in [0.717, 1.165) is 4.31 Å². The lowest BCUT2D eigenvalue weighted by molar-refractivity contribution is -0.120. The number of likely N-dealkylation sites (N-methyl/N-ethyl adjacent to an activating group) is 1. The molecule has 0 bridgehead atoms. The maximum Gasteiger partial charge on any atom is 0.280 e. The summed E-state index contributed by atoms with van der Waals surface area (Å²) in [6.45, 7) is 0.130. The second-order valence-electron chi connectivity index (χ2n) is 6.77. The van der Waals surface area contributed by atoms with Gasteiger partial charge in [0, 0.05) is 12.7 Å². The van der Waals surface area contributed by atoms with E-state index in [1.165, 1.54) is 7.05 Å². The Hall–Kier alpha value is -2.82. The molecular weight excluding hydrogens is 398 g/mol. The molecule has 0 radical (unpaired) electrons. The zero-order valence-corrected chi connectivity index (χ0v) is 16.7. The molecule has 1 amide bonds. The quantitative estimate of drug-likeness (QED) is 0.781. The van der Waals surface area contributed by atoms with Crippen LogP contribution in [-0.4, -0.2) is 45.6 Å². The molecule has 1 fully saturated rings. The Kier molecular flexibility index (Phi) is 5.07. The minimum Gasteiger partial charge on any atom is -0.497 e. The molecule has 2 heterocycles. The number of hydrogen-bond donors (Lipinski definition) is 2. The van der Waals surface area contributed by atoms with E-state index in [0.29, 0.717) is 28.5 Å². The Morgan fingerprint density at radius 3 is 2.62 bits per heavy atom.